The summed E-state index contributed by atoms with van der Waals surface area (Å²) in [5.74, 6) is -5.41. The van der Waals surface area contributed by atoms with E-state index in [1.165, 1.54) is 35.8 Å². The Morgan fingerprint density at radius 3 is 2.31 bits per heavy atom. The molecule has 6 rings (SSSR count). The predicted molar refractivity (Wildman–Crippen MR) is 178 cm³/mol. The van der Waals surface area contributed by atoms with Gasteiger partial charge in [0, 0.05) is 11.1 Å². The molecule has 1 amide bonds. The fraction of sp³-hybridized carbons (Fsp3) is 0.441. The summed E-state index contributed by atoms with van der Waals surface area (Å²) in [5.41, 5.74) is 4.64. The second-order valence-electron chi connectivity index (χ2n) is 14.2. The number of hydrogen-bond acceptors (Lipinski definition) is 9. The maximum atomic E-state index is 14.9. The number of benzene rings is 2. The highest BCUT2D eigenvalue weighted by molar-refractivity contribution is 6.32. The number of rotatable bonds is 12. The Morgan fingerprint density at radius 1 is 1.06 bits per heavy atom. The zero-order valence-corrected chi connectivity index (χ0v) is 29.0. The van der Waals surface area contributed by atoms with E-state index < -0.39 is 65.5 Å². The number of halogens is 5. The second-order valence-corrected chi connectivity index (χ2v) is 14.7. The largest absolute Gasteiger partial charge is 0.463 e. The first-order valence-corrected chi connectivity index (χ1v) is 16.5. The molecule has 2 atom stereocenters. The van der Waals surface area contributed by atoms with Gasteiger partial charge < -0.3 is 10.5 Å². The number of ether oxygens (including phenoxy) is 1. The first-order chi connectivity index (χ1) is 23.9. The lowest BCUT2D eigenvalue weighted by Crippen LogP contribution is -2.47. The van der Waals surface area contributed by atoms with Gasteiger partial charge in [-0.2, -0.15) is 5.10 Å². The van der Waals surface area contributed by atoms with Gasteiger partial charge in [0.05, 0.1) is 23.2 Å². The van der Waals surface area contributed by atoms with Crippen LogP contribution < -0.4 is 5.73 Å². The Kier molecular flexibility index (Phi) is 9.19. The molecule has 0 radical (unpaired) electrons. The van der Waals surface area contributed by atoms with Crippen LogP contribution >= 0.6 is 11.6 Å². The van der Waals surface area contributed by atoms with E-state index in [4.69, 9.17) is 27.1 Å². The number of carbonyl (C=O) groups is 2. The van der Waals surface area contributed by atoms with Gasteiger partial charge in [0.2, 0.25) is 0 Å². The summed E-state index contributed by atoms with van der Waals surface area (Å²) in [6.45, 7) is 6.09. The van der Waals surface area contributed by atoms with Gasteiger partial charge in [-0.3, -0.25) is 19.1 Å². The fourth-order valence-corrected chi connectivity index (χ4v) is 6.74. The monoisotopic (exact) mass is 729 g/mol. The summed E-state index contributed by atoms with van der Waals surface area (Å²) < 4.78 is 64.5. The smallest absolute Gasteiger partial charge is 0.306 e. The highest BCUT2D eigenvalue weighted by atomic mass is 35.5. The lowest BCUT2D eigenvalue weighted by molar-refractivity contribution is -0.153. The molecule has 270 valence electrons. The number of amides is 1. The minimum Gasteiger partial charge on any atom is -0.463 e. The van der Waals surface area contributed by atoms with Crippen molar-refractivity contribution in [3.63, 3.8) is 0 Å². The van der Waals surface area contributed by atoms with E-state index in [2.05, 4.69) is 20.3 Å². The molecule has 0 spiro atoms. The zero-order chi connectivity index (χ0) is 36.9. The first kappa shape index (κ1) is 35.9. The van der Waals surface area contributed by atoms with E-state index in [1.807, 2.05) is 20.8 Å². The van der Waals surface area contributed by atoms with Crippen molar-refractivity contribution in [1.82, 2.24) is 34.4 Å². The molecule has 0 saturated heterocycles. The van der Waals surface area contributed by atoms with Crippen LogP contribution in [0.3, 0.4) is 0 Å². The first-order valence-electron chi connectivity index (χ1n) is 16.1. The third-order valence-electron chi connectivity index (χ3n) is 9.31. The maximum absolute atomic E-state index is 14.9. The topological polar surface area (TPSA) is 146 Å². The van der Waals surface area contributed by atoms with Crippen molar-refractivity contribution in [2.24, 2.45) is 21.6 Å². The highest BCUT2D eigenvalue weighted by Crippen LogP contribution is 2.59. The van der Waals surface area contributed by atoms with E-state index in [1.54, 1.807) is 28.8 Å². The highest BCUT2D eigenvalue weighted by Gasteiger charge is 2.60. The van der Waals surface area contributed by atoms with Crippen molar-refractivity contribution < 1.29 is 31.9 Å². The van der Waals surface area contributed by atoms with Crippen LogP contribution in [0.1, 0.15) is 82.8 Å². The number of alkyl halides is 4. The molecule has 0 unspecified atom stereocenters. The van der Waals surface area contributed by atoms with Crippen LogP contribution in [0.2, 0.25) is 5.02 Å². The van der Waals surface area contributed by atoms with Gasteiger partial charge in [0.1, 0.15) is 25.6 Å². The fourth-order valence-electron chi connectivity index (χ4n) is 6.54. The Morgan fingerprint density at radius 2 is 1.73 bits per heavy atom. The molecule has 2 aliphatic rings. The van der Waals surface area contributed by atoms with Crippen molar-refractivity contribution in [2.45, 2.75) is 77.3 Å². The Labute approximate surface area is 295 Å². The normalized spacial score (nSPS) is 19.4. The summed E-state index contributed by atoms with van der Waals surface area (Å²) in [5, 5.41) is 11.6. The molecule has 0 bridgehead atoms. The number of hydrogen-bond donors (Lipinski definition) is 1. The van der Waals surface area contributed by atoms with E-state index in [0.29, 0.717) is 5.56 Å². The van der Waals surface area contributed by atoms with Crippen molar-refractivity contribution in [2.75, 3.05) is 6.61 Å². The van der Waals surface area contributed by atoms with Crippen LogP contribution in [0, 0.1) is 10.8 Å². The number of nitrogens with two attached hydrogens (primary N) is 1. The molecule has 1 saturated carbocycles. The van der Waals surface area contributed by atoms with Crippen LogP contribution in [-0.2, 0) is 19.9 Å². The number of guanidine groups is 1. The van der Waals surface area contributed by atoms with Gasteiger partial charge in [-0.1, -0.05) is 50.6 Å². The maximum Gasteiger partial charge on any atom is 0.306 e. The molecule has 4 aromatic rings. The zero-order valence-electron chi connectivity index (χ0n) is 28.2. The third kappa shape index (κ3) is 6.93. The summed E-state index contributed by atoms with van der Waals surface area (Å²) in [7, 11) is 0. The minimum atomic E-state index is -3.10. The molecule has 51 heavy (non-hydrogen) atoms. The third-order valence-corrected chi connectivity index (χ3v) is 9.63. The van der Waals surface area contributed by atoms with Crippen LogP contribution in [0.5, 0.6) is 0 Å². The molecule has 1 aliphatic carbocycles. The van der Waals surface area contributed by atoms with Crippen LogP contribution in [-0.4, -0.2) is 64.8 Å². The number of aliphatic imine (C=N–C) groups is 1. The molecule has 3 heterocycles. The van der Waals surface area contributed by atoms with Crippen molar-refractivity contribution in [3.05, 3.63) is 83.4 Å². The van der Waals surface area contributed by atoms with Crippen LogP contribution in [0.25, 0.3) is 11.4 Å². The molecule has 12 nitrogen and oxygen atoms in total. The number of esters is 1. The van der Waals surface area contributed by atoms with Gasteiger partial charge in [0.25, 0.3) is 18.3 Å². The Balaban J connectivity index is 1.41. The molecule has 2 aromatic heterocycles. The number of nitrogens with zero attached hydrogens (tertiary/aromatic N) is 8. The van der Waals surface area contributed by atoms with E-state index in [0.717, 1.165) is 23.6 Å². The average molecular weight is 730 g/mol. The average Bonchev–Trinajstić information content (AvgIpc) is 3.38. The summed E-state index contributed by atoms with van der Waals surface area (Å²) in [6.07, 6.45) is 1.02. The van der Waals surface area contributed by atoms with Gasteiger partial charge in [-0.15, -0.1) is 10.2 Å². The van der Waals surface area contributed by atoms with Gasteiger partial charge in [0.15, 0.2) is 17.3 Å². The van der Waals surface area contributed by atoms with E-state index in [9.17, 15) is 27.2 Å². The van der Waals surface area contributed by atoms with Crippen LogP contribution in [0.15, 0.2) is 66.4 Å². The Hall–Kier alpha value is -4.86. The molecule has 2 N–H and O–H groups in total. The van der Waals surface area contributed by atoms with Crippen molar-refractivity contribution in [1.29, 1.82) is 0 Å². The quantitative estimate of drug-likeness (QED) is 0.131. The second kappa shape index (κ2) is 13.0. The lowest BCUT2D eigenvalue weighted by atomic mass is 9.75. The summed E-state index contributed by atoms with van der Waals surface area (Å²) in [6, 6.07) is 10.2. The van der Waals surface area contributed by atoms with E-state index >= 15 is 0 Å². The van der Waals surface area contributed by atoms with Gasteiger partial charge in [-0.25, -0.2) is 32.2 Å². The predicted octanol–water partition coefficient (Wildman–Crippen LogP) is 6.34. The Bertz CT molecular complexity index is 1950. The summed E-state index contributed by atoms with van der Waals surface area (Å²) >= 11 is 6.46. The summed E-state index contributed by atoms with van der Waals surface area (Å²) in [4.78, 5) is 37.6. The molecule has 17 heteroatoms. The SMILES string of the molecule is CC(C)(C)C[C@]1(c2ccc(-n3cnnc3)cc2)N=C(N)N([C@H](COC(=O)CC2(C(C)(F)F)CC2)c2ccc(Cl)c(-n3ncnc3C(F)F)c2)C1=O. The van der Waals surface area contributed by atoms with Crippen LogP contribution in [0.4, 0.5) is 17.6 Å². The van der Waals surface area contributed by atoms with E-state index in [-0.39, 0.29) is 41.5 Å². The van der Waals surface area contributed by atoms with Crippen molar-refractivity contribution >= 4 is 29.4 Å². The molecule has 1 fully saturated rings. The molecular weight excluding hydrogens is 694 g/mol. The number of aromatic nitrogens is 6. The number of carbonyl (C=O) groups excluding carboxylic acids is 2. The lowest BCUT2D eigenvalue weighted by Gasteiger charge is -2.35. The van der Waals surface area contributed by atoms with Crippen molar-refractivity contribution in [3.8, 4) is 11.4 Å². The van der Waals surface area contributed by atoms with Gasteiger partial charge >= 0.3 is 5.97 Å². The molecular formula is C34H36ClF4N9O3. The molecule has 1 aliphatic heterocycles. The van der Waals surface area contributed by atoms with Gasteiger partial charge in [-0.05, 0) is 67.0 Å². The minimum absolute atomic E-state index is 0.00791. The standard InChI is InChI=1S/C34H36ClF4N9O3/c1-31(2,3)16-34(21-6-8-22(9-7-21)46-18-42-43-19-46)29(50)47(30(40)45-34)25(15-51-26(49)14-33(11-12-33)32(4,38)39)20-5-10-23(35)24(13-20)48-28(27(36)37)41-17-44-48/h5-10,13,17-19,25,27H,11-12,14-16H2,1-4H3,(H2,40,45)/t25-,34-/m1/s1. The molecule has 2 aromatic carbocycles.